The van der Waals surface area contributed by atoms with Crippen LogP contribution >= 0.6 is 0 Å². The third-order valence-electron chi connectivity index (χ3n) is 3.95. The Labute approximate surface area is 115 Å². The monoisotopic (exact) mass is 257 g/mol. The third-order valence-corrected chi connectivity index (χ3v) is 3.95. The first-order chi connectivity index (χ1) is 9.28. The van der Waals surface area contributed by atoms with Crippen LogP contribution in [0.15, 0.2) is 24.8 Å². The van der Waals surface area contributed by atoms with Crippen molar-refractivity contribution in [2.24, 2.45) is 0 Å². The fourth-order valence-electron chi connectivity index (χ4n) is 2.42. The summed E-state index contributed by atoms with van der Waals surface area (Å²) >= 11 is 0. The second-order valence-electron chi connectivity index (χ2n) is 5.74. The fourth-order valence-corrected chi connectivity index (χ4v) is 2.42. The third kappa shape index (κ3) is 3.16. The van der Waals surface area contributed by atoms with E-state index in [0.29, 0.717) is 6.04 Å². The number of pyridine rings is 1. The van der Waals surface area contributed by atoms with E-state index in [1.807, 2.05) is 6.08 Å². The van der Waals surface area contributed by atoms with E-state index < -0.39 is 0 Å². The number of hydrogen-bond donors (Lipinski definition) is 1. The molecular formula is C16H23N3. The Bertz CT molecular complexity index is 461. The van der Waals surface area contributed by atoms with E-state index in [9.17, 15) is 0 Å². The summed E-state index contributed by atoms with van der Waals surface area (Å²) in [5.74, 6) is 1.11. The Morgan fingerprint density at radius 3 is 2.74 bits per heavy atom. The fraction of sp³-hybridized carbons (Fsp3) is 0.562. The number of hydrogen-bond acceptors (Lipinski definition) is 3. The minimum atomic E-state index is 0.681. The summed E-state index contributed by atoms with van der Waals surface area (Å²) in [5, 5.41) is 3.55. The van der Waals surface area contributed by atoms with Gasteiger partial charge in [-0.2, -0.15) is 0 Å². The number of anilines is 1. The first kappa shape index (κ1) is 12.7. The van der Waals surface area contributed by atoms with Crippen LogP contribution < -0.4 is 10.2 Å². The number of nitrogens with one attached hydrogen (secondary N) is 1. The van der Waals surface area contributed by atoms with Crippen molar-refractivity contribution in [3.05, 3.63) is 36.0 Å². The van der Waals surface area contributed by atoms with Crippen LogP contribution in [-0.4, -0.2) is 23.6 Å². The first-order valence-electron chi connectivity index (χ1n) is 7.35. The average Bonchev–Trinajstić information content (AvgIpc) is 3.28. The van der Waals surface area contributed by atoms with Crippen molar-refractivity contribution < 1.29 is 0 Å². The van der Waals surface area contributed by atoms with E-state index in [-0.39, 0.29) is 0 Å². The molecule has 0 aliphatic heterocycles. The number of aryl methyl sites for hydroxylation is 1. The molecule has 0 saturated heterocycles. The lowest BCUT2D eigenvalue weighted by Crippen LogP contribution is -2.27. The van der Waals surface area contributed by atoms with E-state index in [0.717, 1.165) is 30.6 Å². The van der Waals surface area contributed by atoms with Crippen molar-refractivity contribution in [1.82, 2.24) is 10.3 Å². The zero-order valence-electron chi connectivity index (χ0n) is 11.7. The van der Waals surface area contributed by atoms with Gasteiger partial charge in [0, 0.05) is 30.9 Å². The second kappa shape index (κ2) is 5.33. The van der Waals surface area contributed by atoms with Gasteiger partial charge in [-0.05, 0) is 44.2 Å². The van der Waals surface area contributed by atoms with Gasteiger partial charge in [0.15, 0.2) is 0 Å². The first-order valence-corrected chi connectivity index (χ1v) is 7.35. The van der Waals surface area contributed by atoms with Crippen LogP contribution in [-0.2, 0) is 6.54 Å². The summed E-state index contributed by atoms with van der Waals surface area (Å²) in [6.07, 6.45) is 7.22. The molecule has 1 aromatic rings. The molecule has 2 fully saturated rings. The molecule has 0 aromatic carbocycles. The summed E-state index contributed by atoms with van der Waals surface area (Å²) in [5.41, 5.74) is 2.48. The topological polar surface area (TPSA) is 28.2 Å². The van der Waals surface area contributed by atoms with E-state index >= 15 is 0 Å². The average molecular weight is 257 g/mol. The molecule has 0 radical (unpaired) electrons. The largest absolute Gasteiger partial charge is 0.350 e. The summed E-state index contributed by atoms with van der Waals surface area (Å²) in [6, 6.07) is 5.83. The molecule has 3 rings (SSSR count). The Hall–Kier alpha value is -1.35. The molecule has 1 heterocycles. The minimum absolute atomic E-state index is 0.681. The smallest absolute Gasteiger partial charge is 0.129 e. The highest BCUT2D eigenvalue weighted by Gasteiger charge is 2.29. The Morgan fingerprint density at radius 1 is 1.37 bits per heavy atom. The summed E-state index contributed by atoms with van der Waals surface area (Å²) in [6.45, 7) is 7.82. The summed E-state index contributed by atoms with van der Waals surface area (Å²) < 4.78 is 0. The van der Waals surface area contributed by atoms with Crippen molar-refractivity contribution in [3.63, 3.8) is 0 Å². The predicted molar refractivity (Wildman–Crippen MR) is 79.4 cm³/mol. The highest BCUT2D eigenvalue weighted by Crippen LogP contribution is 2.31. The molecule has 2 aliphatic rings. The highest BCUT2D eigenvalue weighted by atomic mass is 15.2. The molecule has 1 aromatic heterocycles. The molecule has 0 atom stereocenters. The van der Waals surface area contributed by atoms with Crippen molar-refractivity contribution in [1.29, 1.82) is 0 Å². The molecule has 2 aliphatic carbocycles. The summed E-state index contributed by atoms with van der Waals surface area (Å²) in [7, 11) is 0. The van der Waals surface area contributed by atoms with E-state index in [4.69, 9.17) is 4.98 Å². The lowest BCUT2D eigenvalue weighted by molar-refractivity contribution is 0.681. The quantitative estimate of drug-likeness (QED) is 0.761. The number of rotatable bonds is 7. The van der Waals surface area contributed by atoms with Crippen molar-refractivity contribution >= 4 is 5.82 Å². The van der Waals surface area contributed by atoms with Gasteiger partial charge < -0.3 is 10.2 Å². The molecule has 0 amide bonds. The molecule has 102 valence electrons. The lowest BCUT2D eigenvalue weighted by atomic mass is 10.2. The zero-order valence-corrected chi connectivity index (χ0v) is 11.7. The van der Waals surface area contributed by atoms with Crippen LogP contribution in [0.3, 0.4) is 0 Å². The van der Waals surface area contributed by atoms with E-state index in [1.165, 1.54) is 31.2 Å². The maximum Gasteiger partial charge on any atom is 0.129 e. The second-order valence-corrected chi connectivity index (χ2v) is 5.74. The van der Waals surface area contributed by atoms with Crippen molar-refractivity contribution in [2.75, 3.05) is 11.4 Å². The molecule has 1 N–H and O–H groups in total. The molecule has 2 saturated carbocycles. The van der Waals surface area contributed by atoms with Crippen LogP contribution in [0.25, 0.3) is 0 Å². The van der Waals surface area contributed by atoms with Gasteiger partial charge in [-0.25, -0.2) is 4.98 Å². The van der Waals surface area contributed by atoms with Crippen molar-refractivity contribution in [2.45, 2.75) is 51.2 Å². The minimum Gasteiger partial charge on any atom is -0.350 e. The molecule has 3 heteroatoms. The maximum absolute atomic E-state index is 4.79. The standard InChI is InChI=1S/C16H23N3/c1-3-10-19(15-7-8-15)16-9-4-13(12(2)18-16)11-17-14-5-6-14/h3-4,9,14-15,17H,1,5-8,10-11H2,2H3. The van der Waals surface area contributed by atoms with Gasteiger partial charge in [0.05, 0.1) is 0 Å². The van der Waals surface area contributed by atoms with Gasteiger partial charge in [-0.15, -0.1) is 6.58 Å². The summed E-state index contributed by atoms with van der Waals surface area (Å²) in [4.78, 5) is 7.16. The number of nitrogens with zero attached hydrogens (tertiary/aromatic N) is 2. The maximum atomic E-state index is 4.79. The van der Waals surface area contributed by atoms with E-state index in [1.54, 1.807) is 0 Å². The molecular weight excluding hydrogens is 234 g/mol. The van der Waals surface area contributed by atoms with Gasteiger partial charge in [0.2, 0.25) is 0 Å². The Balaban J connectivity index is 1.70. The number of aromatic nitrogens is 1. The SMILES string of the molecule is C=CCN(c1ccc(CNC2CC2)c(C)n1)C1CC1. The normalized spacial score (nSPS) is 18.4. The van der Waals surface area contributed by atoms with Gasteiger partial charge >= 0.3 is 0 Å². The van der Waals surface area contributed by atoms with Gasteiger partial charge in [0.25, 0.3) is 0 Å². The molecule has 0 unspecified atom stereocenters. The van der Waals surface area contributed by atoms with Crippen molar-refractivity contribution in [3.8, 4) is 0 Å². The Morgan fingerprint density at radius 2 is 2.16 bits per heavy atom. The molecule has 0 spiro atoms. The van der Waals surface area contributed by atoms with Gasteiger partial charge in [-0.1, -0.05) is 12.1 Å². The lowest BCUT2D eigenvalue weighted by Gasteiger charge is -2.22. The zero-order chi connectivity index (χ0) is 13.2. The van der Waals surface area contributed by atoms with Crippen LogP contribution in [0, 0.1) is 6.92 Å². The van der Waals surface area contributed by atoms with E-state index in [2.05, 4.69) is 35.9 Å². The molecule has 0 bridgehead atoms. The predicted octanol–water partition coefficient (Wildman–Crippen LogP) is 2.80. The van der Waals surface area contributed by atoms with Gasteiger partial charge in [0.1, 0.15) is 5.82 Å². The van der Waals surface area contributed by atoms with Crippen LogP contribution in [0.1, 0.15) is 36.9 Å². The highest BCUT2D eigenvalue weighted by molar-refractivity contribution is 5.44. The molecule has 3 nitrogen and oxygen atoms in total. The van der Waals surface area contributed by atoms with Crippen LogP contribution in [0.5, 0.6) is 0 Å². The van der Waals surface area contributed by atoms with Gasteiger partial charge in [-0.3, -0.25) is 0 Å². The van der Waals surface area contributed by atoms with Crippen LogP contribution in [0.4, 0.5) is 5.82 Å². The Kier molecular flexibility index (Phi) is 3.56. The van der Waals surface area contributed by atoms with Crippen LogP contribution in [0.2, 0.25) is 0 Å². The molecule has 19 heavy (non-hydrogen) atoms.